The summed E-state index contributed by atoms with van der Waals surface area (Å²) in [6.07, 6.45) is 0. The van der Waals surface area contributed by atoms with Crippen molar-refractivity contribution in [3.05, 3.63) is 92.2 Å². The van der Waals surface area contributed by atoms with Crippen LogP contribution in [-0.2, 0) is 0 Å². The first-order chi connectivity index (χ1) is 15.3. The molecular formula is C25H19F2N3OS. The van der Waals surface area contributed by atoms with Crippen molar-refractivity contribution < 1.29 is 13.6 Å². The van der Waals surface area contributed by atoms with Crippen LogP contribution in [0.5, 0.6) is 0 Å². The molecule has 160 valence electrons. The van der Waals surface area contributed by atoms with Gasteiger partial charge in [-0.05, 0) is 65.6 Å². The Balaban J connectivity index is 2.02. The van der Waals surface area contributed by atoms with E-state index >= 15 is 0 Å². The summed E-state index contributed by atoms with van der Waals surface area (Å²) in [4.78, 5) is 16.5. The molecule has 0 bridgehead atoms. The van der Waals surface area contributed by atoms with Crippen molar-refractivity contribution in [1.82, 2.24) is 4.90 Å². The van der Waals surface area contributed by atoms with E-state index in [1.165, 1.54) is 35.6 Å². The third kappa shape index (κ3) is 3.88. The molecule has 0 N–H and O–H groups in total. The zero-order valence-electron chi connectivity index (χ0n) is 17.5. The fraction of sp³-hybridized carbons (Fsp3) is 0.240. The van der Waals surface area contributed by atoms with Crippen LogP contribution in [0.2, 0.25) is 0 Å². The molecule has 3 aromatic rings. The van der Waals surface area contributed by atoms with Gasteiger partial charge in [0.05, 0.1) is 17.7 Å². The Morgan fingerprint density at radius 1 is 1.03 bits per heavy atom. The highest BCUT2D eigenvalue weighted by atomic mass is 32.1. The van der Waals surface area contributed by atoms with Gasteiger partial charge in [0.2, 0.25) is 0 Å². The lowest BCUT2D eigenvalue weighted by molar-refractivity contribution is 0.0599. The summed E-state index contributed by atoms with van der Waals surface area (Å²) in [5.74, 6) is -1.78. The lowest BCUT2D eigenvalue weighted by Gasteiger charge is -2.43. The van der Waals surface area contributed by atoms with Gasteiger partial charge in [-0.1, -0.05) is 13.8 Å². The highest BCUT2D eigenvalue weighted by Gasteiger charge is 2.42. The average molecular weight is 448 g/mol. The van der Waals surface area contributed by atoms with Crippen LogP contribution >= 0.6 is 11.3 Å². The van der Waals surface area contributed by atoms with Crippen molar-refractivity contribution >= 4 is 17.2 Å². The minimum atomic E-state index is -0.606. The molecule has 32 heavy (non-hydrogen) atoms. The highest BCUT2D eigenvalue weighted by Crippen LogP contribution is 2.48. The maximum Gasteiger partial charge on any atom is 0.254 e. The van der Waals surface area contributed by atoms with Crippen LogP contribution in [-0.4, -0.2) is 17.4 Å². The molecule has 0 radical (unpaired) electrons. The molecule has 0 saturated heterocycles. The van der Waals surface area contributed by atoms with Crippen molar-refractivity contribution in [3.8, 4) is 12.1 Å². The molecule has 1 aliphatic heterocycles. The van der Waals surface area contributed by atoms with Gasteiger partial charge in [-0.25, -0.2) is 8.78 Å². The number of nitrogens with zero attached hydrogens (tertiary/aromatic N) is 3. The Bertz CT molecular complexity index is 1290. The van der Waals surface area contributed by atoms with Crippen molar-refractivity contribution in [2.24, 2.45) is 5.92 Å². The number of hydrogen-bond donors (Lipinski definition) is 0. The van der Waals surface area contributed by atoms with E-state index in [0.717, 1.165) is 10.9 Å². The van der Waals surface area contributed by atoms with Crippen molar-refractivity contribution in [2.45, 2.75) is 25.8 Å². The van der Waals surface area contributed by atoms with Crippen molar-refractivity contribution in [1.29, 1.82) is 10.5 Å². The van der Waals surface area contributed by atoms with Gasteiger partial charge in [0, 0.05) is 22.9 Å². The second-order valence-corrected chi connectivity index (χ2v) is 9.32. The van der Waals surface area contributed by atoms with Crippen molar-refractivity contribution in [2.75, 3.05) is 6.54 Å². The number of carbonyl (C=O) groups is 1. The summed E-state index contributed by atoms with van der Waals surface area (Å²) < 4.78 is 28.8. The molecular weight excluding hydrogens is 428 g/mol. The summed E-state index contributed by atoms with van der Waals surface area (Å²) in [5, 5.41) is 18.7. The number of nitriles is 2. The largest absolute Gasteiger partial charge is 0.330 e. The van der Waals surface area contributed by atoms with Crippen LogP contribution in [0.15, 0.2) is 48.5 Å². The molecule has 7 heteroatoms. The Labute approximate surface area is 189 Å². The average Bonchev–Trinajstić information content (AvgIpc) is 3.23. The van der Waals surface area contributed by atoms with Gasteiger partial charge in [0.1, 0.15) is 22.6 Å². The first kappa shape index (κ1) is 21.7. The van der Waals surface area contributed by atoms with Crippen LogP contribution in [0.3, 0.4) is 0 Å². The van der Waals surface area contributed by atoms with Crippen LogP contribution in [0, 0.1) is 40.2 Å². The topological polar surface area (TPSA) is 67.9 Å². The summed E-state index contributed by atoms with van der Waals surface area (Å²) >= 11 is 1.26. The molecule has 4 rings (SSSR count). The minimum Gasteiger partial charge on any atom is -0.330 e. The predicted octanol–water partition coefficient (Wildman–Crippen LogP) is 5.75. The zero-order valence-corrected chi connectivity index (χ0v) is 18.3. The number of halogens is 2. The molecule has 0 fully saturated rings. The van der Waals surface area contributed by atoms with E-state index in [2.05, 4.69) is 6.07 Å². The van der Waals surface area contributed by atoms with Gasteiger partial charge >= 0.3 is 0 Å². The molecule has 2 atom stereocenters. The van der Waals surface area contributed by atoms with Crippen LogP contribution in [0.1, 0.15) is 62.6 Å². The third-order valence-corrected chi connectivity index (χ3v) is 6.55. The minimum absolute atomic E-state index is 0.140. The van der Waals surface area contributed by atoms with E-state index in [1.54, 1.807) is 23.1 Å². The normalized spacial score (nSPS) is 17.7. The molecule has 2 heterocycles. The van der Waals surface area contributed by atoms with Crippen LogP contribution in [0.25, 0.3) is 0 Å². The van der Waals surface area contributed by atoms with E-state index in [-0.39, 0.29) is 17.4 Å². The van der Waals surface area contributed by atoms with E-state index < -0.39 is 23.6 Å². The SMILES string of the molecule is CC(C)CN1C(=O)c2ccc(F)cc2C(c2cc(F)cc(C#N)c2)[C@@H]1c1ccc(C#N)s1. The number of rotatable bonds is 4. The lowest BCUT2D eigenvalue weighted by atomic mass is 9.77. The van der Waals surface area contributed by atoms with E-state index in [4.69, 9.17) is 0 Å². The Morgan fingerprint density at radius 2 is 1.81 bits per heavy atom. The fourth-order valence-corrected chi connectivity index (χ4v) is 5.27. The van der Waals surface area contributed by atoms with E-state index in [1.807, 2.05) is 19.9 Å². The van der Waals surface area contributed by atoms with Gasteiger partial charge in [-0.15, -0.1) is 11.3 Å². The summed E-state index contributed by atoms with van der Waals surface area (Å²) in [6, 6.07) is 15.1. The van der Waals surface area contributed by atoms with Gasteiger partial charge < -0.3 is 4.90 Å². The Kier molecular flexibility index (Phi) is 5.78. The second kappa shape index (κ2) is 8.53. The van der Waals surface area contributed by atoms with Crippen molar-refractivity contribution in [3.63, 3.8) is 0 Å². The number of amides is 1. The van der Waals surface area contributed by atoms with Crippen LogP contribution < -0.4 is 0 Å². The quantitative estimate of drug-likeness (QED) is 0.511. The smallest absolute Gasteiger partial charge is 0.254 e. The molecule has 1 aromatic heterocycles. The Hall–Kier alpha value is -3.55. The monoisotopic (exact) mass is 447 g/mol. The van der Waals surface area contributed by atoms with E-state index in [9.17, 15) is 24.1 Å². The molecule has 1 aliphatic rings. The summed E-state index contributed by atoms with van der Waals surface area (Å²) in [5.41, 5.74) is 1.43. The lowest BCUT2D eigenvalue weighted by Crippen LogP contribution is -2.44. The molecule has 1 unspecified atom stereocenters. The standard InChI is InChI=1S/C25H19F2N3OS/c1-14(2)13-30-24(22-6-4-19(12-29)32-22)23(16-7-15(11-28)8-18(27)9-16)21-10-17(26)3-5-20(21)25(30)31/h3-10,14,23-24H,13H2,1-2H3/t23?,24-/m0/s1. The van der Waals surface area contributed by atoms with E-state index in [0.29, 0.717) is 28.1 Å². The number of carbonyl (C=O) groups excluding carboxylic acids is 1. The predicted molar refractivity (Wildman–Crippen MR) is 117 cm³/mol. The number of benzene rings is 2. The first-order valence-corrected chi connectivity index (χ1v) is 10.9. The van der Waals surface area contributed by atoms with Gasteiger partial charge in [0.15, 0.2) is 0 Å². The number of thiophene rings is 1. The van der Waals surface area contributed by atoms with Crippen LogP contribution in [0.4, 0.5) is 8.78 Å². The fourth-order valence-electron chi connectivity index (χ4n) is 4.31. The number of fused-ring (bicyclic) bond motifs is 1. The molecule has 0 spiro atoms. The second-order valence-electron chi connectivity index (χ2n) is 8.20. The Morgan fingerprint density at radius 3 is 2.47 bits per heavy atom. The molecule has 0 aliphatic carbocycles. The molecule has 4 nitrogen and oxygen atoms in total. The van der Waals surface area contributed by atoms with Gasteiger partial charge in [-0.3, -0.25) is 4.79 Å². The molecule has 0 saturated carbocycles. The summed E-state index contributed by atoms with van der Waals surface area (Å²) in [7, 11) is 0. The highest BCUT2D eigenvalue weighted by molar-refractivity contribution is 7.12. The zero-order chi connectivity index (χ0) is 23.0. The maximum absolute atomic E-state index is 14.5. The van der Waals surface area contributed by atoms with Gasteiger partial charge in [0.25, 0.3) is 5.91 Å². The van der Waals surface area contributed by atoms with Gasteiger partial charge in [-0.2, -0.15) is 10.5 Å². The third-order valence-electron chi connectivity index (χ3n) is 5.49. The maximum atomic E-state index is 14.5. The molecule has 1 amide bonds. The number of hydrogen-bond acceptors (Lipinski definition) is 4. The first-order valence-electron chi connectivity index (χ1n) is 10.1. The molecule has 2 aromatic carbocycles. The summed E-state index contributed by atoms with van der Waals surface area (Å²) in [6.45, 7) is 4.41.